The van der Waals surface area contributed by atoms with Gasteiger partial charge in [0.05, 0.1) is 23.4 Å². The molecule has 1 unspecified atom stereocenters. The minimum atomic E-state index is -3.62. The summed E-state index contributed by atoms with van der Waals surface area (Å²) in [6.07, 6.45) is 0.742. The monoisotopic (exact) mass is 514 g/mol. The van der Waals surface area contributed by atoms with E-state index in [0.29, 0.717) is 28.9 Å². The van der Waals surface area contributed by atoms with E-state index in [2.05, 4.69) is 0 Å². The minimum absolute atomic E-state index is 0.0625. The first-order chi connectivity index (χ1) is 16.6. The van der Waals surface area contributed by atoms with Gasteiger partial charge in [-0.1, -0.05) is 18.2 Å². The van der Waals surface area contributed by atoms with Gasteiger partial charge < -0.3 is 14.2 Å². The van der Waals surface area contributed by atoms with Gasteiger partial charge in [-0.05, 0) is 35.7 Å². The second-order valence-electron chi connectivity index (χ2n) is 8.17. The Balaban J connectivity index is 1.44. The predicted molar refractivity (Wildman–Crippen MR) is 132 cm³/mol. The van der Waals surface area contributed by atoms with Crippen molar-refractivity contribution in [2.24, 2.45) is 0 Å². The molecule has 2 aromatic heterocycles. The molecule has 4 aromatic rings. The molecular formula is C24H22N2O5S3. The Morgan fingerprint density at radius 2 is 2.03 bits per heavy atom. The molecule has 2 aliphatic rings. The third-order valence-electron chi connectivity index (χ3n) is 5.88. The number of hydrogen-bond donors (Lipinski definition) is 0. The molecule has 6 rings (SSSR count). The minimum Gasteiger partial charge on any atom is -0.488 e. The summed E-state index contributed by atoms with van der Waals surface area (Å²) in [6.45, 7) is 1.90. The van der Waals surface area contributed by atoms with Gasteiger partial charge in [-0.25, -0.2) is 13.4 Å². The highest BCUT2D eigenvalue weighted by Crippen LogP contribution is 2.42. The van der Waals surface area contributed by atoms with Crippen LogP contribution in [0, 0.1) is 0 Å². The lowest BCUT2D eigenvalue weighted by Crippen LogP contribution is -2.32. The molecule has 0 aliphatic carbocycles. The lowest BCUT2D eigenvalue weighted by molar-refractivity contribution is 0.137. The SMILES string of the molecule is O=S(=O)(c1cccs1)N1CCOc2c(cc(-c3nc4ccccc4s3)cc2OC2CCOC2)C1. The number of para-hydroxylation sites is 1. The zero-order valence-corrected chi connectivity index (χ0v) is 20.6. The van der Waals surface area contributed by atoms with Crippen LogP contribution in [-0.2, 0) is 21.3 Å². The molecule has 0 radical (unpaired) electrons. The molecule has 10 heteroatoms. The lowest BCUT2D eigenvalue weighted by Gasteiger charge is -2.20. The number of fused-ring (bicyclic) bond motifs is 2. The predicted octanol–water partition coefficient (Wildman–Crippen LogP) is 4.78. The van der Waals surface area contributed by atoms with Crippen molar-refractivity contribution in [2.75, 3.05) is 26.4 Å². The van der Waals surface area contributed by atoms with Crippen molar-refractivity contribution in [3.63, 3.8) is 0 Å². The van der Waals surface area contributed by atoms with E-state index in [9.17, 15) is 8.42 Å². The molecule has 0 spiro atoms. The van der Waals surface area contributed by atoms with Crippen molar-refractivity contribution in [3.05, 3.63) is 59.5 Å². The third kappa shape index (κ3) is 4.09. The van der Waals surface area contributed by atoms with Gasteiger partial charge in [0, 0.05) is 30.6 Å². The van der Waals surface area contributed by atoms with Crippen molar-refractivity contribution in [2.45, 2.75) is 23.3 Å². The first-order valence-corrected chi connectivity index (χ1v) is 14.2. The first kappa shape index (κ1) is 22.0. The van der Waals surface area contributed by atoms with Crippen molar-refractivity contribution >= 4 is 42.9 Å². The number of rotatable bonds is 5. The summed E-state index contributed by atoms with van der Waals surface area (Å²) in [6, 6.07) is 15.3. The van der Waals surface area contributed by atoms with Crippen LogP contribution in [0.2, 0.25) is 0 Å². The largest absolute Gasteiger partial charge is 0.488 e. The summed E-state index contributed by atoms with van der Waals surface area (Å²) in [5.74, 6) is 1.21. The summed E-state index contributed by atoms with van der Waals surface area (Å²) in [5.41, 5.74) is 2.58. The number of sulfonamides is 1. The van der Waals surface area contributed by atoms with E-state index in [1.54, 1.807) is 28.8 Å². The molecule has 2 aliphatic heterocycles. The van der Waals surface area contributed by atoms with Crippen LogP contribution in [0.15, 0.2) is 58.1 Å². The fraction of sp³-hybridized carbons (Fsp3) is 0.292. The summed E-state index contributed by atoms with van der Waals surface area (Å²) < 4.78 is 47.4. The van der Waals surface area contributed by atoms with Gasteiger partial charge in [-0.2, -0.15) is 4.31 Å². The lowest BCUT2D eigenvalue weighted by atomic mass is 10.1. The topological polar surface area (TPSA) is 78.0 Å². The van der Waals surface area contributed by atoms with E-state index >= 15 is 0 Å². The summed E-state index contributed by atoms with van der Waals surface area (Å²) >= 11 is 2.82. The van der Waals surface area contributed by atoms with Gasteiger partial charge in [0.2, 0.25) is 0 Å². The van der Waals surface area contributed by atoms with Gasteiger partial charge in [0.1, 0.15) is 21.9 Å². The number of nitrogens with zero attached hydrogens (tertiary/aromatic N) is 2. The highest BCUT2D eigenvalue weighted by molar-refractivity contribution is 7.91. The number of thiophene rings is 1. The molecule has 0 N–H and O–H groups in total. The number of thiazole rings is 1. The smallest absolute Gasteiger partial charge is 0.252 e. The van der Waals surface area contributed by atoms with E-state index in [0.717, 1.165) is 32.8 Å². The number of ether oxygens (including phenoxy) is 3. The number of aromatic nitrogens is 1. The molecule has 0 amide bonds. The molecule has 4 heterocycles. The highest BCUT2D eigenvalue weighted by atomic mass is 32.2. The normalized spacial score (nSPS) is 19.0. The highest BCUT2D eigenvalue weighted by Gasteiger charge is 2.31. The average Bonchev–Trinajstić information content (AvgIpc) is 3.59. The Hall–Kier alpha value is -2.50. The summed E-state index contributed by atoms with van der Waals surface area (Å²) in [4.78, 5) is 4.80. The zero-order valence-electron chi connectivity index (χ0n) is 18.2. The molecule has 0 bridgehead atoms. The number of hydrogen-bond acceptors (Lipinski definition) is 8. The van der Waals surface area contributed by atoms with Crippen LogP contribution in [0.3, 0.4) is 0 Å². The average molecular weight is 515 g/mol. The van der Waals surface area contributed by atoms with Crippen LogP contribution < -0.4 is 9.47 Å². The van der Waals surface area contributed by atoms with Crippen LogP contribution in [0.1, 0.15) is 12.0 Å². The molecule has 0 saturated carbocycles. The van der Waals surface area contributed by atoms with Crippen LogP contribution >= 0.6 is 22.7 Å². The molecule has 176 valence electrons. The summed E-state index contributed by atoms with van der Waals surface area (Å²) in [7, 11) is -3.62. The van der Waals surface area contributed by atoms with Crippen molar-refractivity contribution in [3.8, 4) is 22.1 Å². The maximum atomic E-state index is 13.3. The molecule has 2 aromatic carbocycles. The van der Waals surface area contributed by atoms with Gasteiger partial charge in [0.15, 0.2) is 11.5 Å². The van der Waals surface area contributed by atoms with Crippen molar-refractivity contribution < 1.29 is 22.6 Å². The van der Waals surface area contributed by atoms with Gasteiger partial charge >= 0.3 is 0 Å². The molecule has 1 fully saturated rings. The molecule has 34 heavy (non-hydrogen) atoms. The first-order valence-electron chi connectivity index (χ1n) is 11.0. The standard InChI is InChI=1S/C24H22N2O5S3/c27-34(28,22-6-3-11-32-22)26-8-10-30-23-17(14-26)12-16(13-20(23)31-18-7-9-29-15-18)24-25-19-4-1-2-5-21(19)33-24/h1-6,11-13,18H,7-10,14-15H2. The quantitative estimate of drug-likeness (QED) is 0.382. The van der Waals surface area contributed by atoms with Crippen LogP contribution in [0.4, 0.5) is 0 Å². The molecule has 1 atom stereocenters. The van der Waals surface area contributed by atoms with Gasteiger partial charge in [-0.15, -0.1) is 22.7 Å². The zero-order chi connectivity index (χ0) is 23.1. The van der Waals surface area contributed by atoms with E-state index in [1.807, 2.05) is 36.4 Å². The van der Waals surface area contributed by atoms with E-state index < -0.39 is 10.0 Å². The maximum absolute atomic E-state index is 13.3. The Kier molecular flexibility index (Phi) is 5.78. The van der Waals surface area contributed by atoms with E-state index in [4.69, 9.17) is 19.2 Å². The van der Waals surface area contributed by atoms with Crippen LogP contribution in [0.25, 0.3) is 20.8 Å². The summed E-state index contributed by atoms with van der Waals surface area (Å²) in [5, 5.41) is 2.63. The third-order valence-corrected chi connectivity index (χ3v) is 10.2. The Labute approximate surface area is 205 Å². The fourth-order valence-corrected chi connectivity index (χ4v) is 7.69. The van der Waals surface area contributed by atoms with E-state index in [-0.39, 0.29) is 25.8 Å². The Bertz CT molecular complexity index is 1390. The Morgan fingerprint density at radius 1 is 1.12 bits per heavy atom. The molecule has 1 saturated heterocycles. The molecular weight excluding hydrogens is 492 g/mol. The van der Waals surface area contributed by atoms with Gasteiger partial charge in [0.25, 0.3) is 10.0 Å². The van der Waals surface area contributed by atoms with E-state index in [1.165, 1.54) is 15.6 Å². The second-order valence-corrected chi connectivity index (χ2v) is 12.3. The second kappa shape index (κ2) is 8.94. The number of benzene rings is 2. The molecule has 7 nitrogen and oxygen atoms in total. The van der Waals surface area contributed by atoms with Crippen molar-refractivity contribution in [1.82, 2.24) is 9.29 Å². The fourth-order valence-electron chi connectivity index (χ4n) is 4.19. The Morgan fingerprint density at radius 3 is 2.82 bits per heavy atom. The van der Waals surface area contributed by atoms with Crippen LogP contribution in [0.5, 0.6) is 11.5 Å². The van der Waals surface area contributed by atoms with Crippen molar-refractivity contribution in [1.29, 1.82) is 0 Å². The maximum Gasteiger partial charge on any atom is 0.252 e. The van der Waals surface area contributed by atoms with Crippen LogP contribution in [-0.4, -0.2) is 50.2 Å². The van der Waals surface area contributed by atoms with Gasteiger partial charge in [-0.3, -0.25) is 0 Å².